The number of aliphatic hydroxyl groups excluding tert-OH is 2. The number of halogens is 2. The molecule has 1 aromatic rings. The highest BCUT2D eigenvalue weighted by Crippen LogP contribution is 2.21. The summed E-state index contributed by atoms with van der Waals surface area (Å²) in [7, 11) is 0. The number of rotatable bonds is 3. The molecular formula is C9H10BrFO2. The van der Waals surface area contributed by atoms with Crippen molar-refractivity contribution in [3.63, 3.8) is 0 Å². The SMILES string of the molecule is OCCC(O)c1cc(F)cc(Br)c1. The van der Waals surface area contributed by atoms with Gasteiger partial charge in [-0.05, 0) is 23.8 Å². The summed E-state index contributed by atoms with van der Waals surface area (Å²) in [6.07, 6.45) is -0.590. The molecule has 72 valence electrons. The summed E-state index contributed by atoms with van der Waals surface area (Å²) < 4.78 is 13.4. The average molecular weight is 249 g/mol. The zero-order valence-corrected chi connectivity index (χ0v) is 8.46. The smallest absolute Gasteiger partial charge is 0.124 e. The van der Waals surface area contributed by atoms with Gasteiger partial charge in [0.25, 0.3) is 0 Å². The van der Waals surface area contributed by atoms with E-state index in [2.05, 4.69) is 15.9 Å². The molecule has 0 aliphatic rings. The predicted octanol–water partition coefficient (Wildman–Crippen LogP) is 2.00. The number of hydrogen-bond acceptors (Lipinski definition) is 2. The van der Waals surface area contributed by atoms with Crippen LogP contribution < -0.4 is 0 Å². The molecule has 0 radical (unpaired) electrons. The summed E-state index contributed by atoms with van der Waals surface area (Å²) >= 11 is 3.12. The van der Waals surface area contributed by atoms with E-state index in [4.69, 9.17) is 5.11 Å². The van der Waals surface area contributed by atoms with Crippen molar-refractivity contribution in [2.24, 2.45) is 0 Å². The Bertz CT molecular complexity index is 271. The first kappa shape index (κ1) is 10.6. The lowest BCUT2D eigenvalue weighted by Gasteiger charge is -2.09. The third-order valence-electron chi connectivity index (χ3n) is 1.67. The molecule has 1 aromatic carbocycles. The second kappa shape index (κ2) is 4.69. The Morgan fingerprint density at radius 1 is 1.38 bits per heavy atom. The van der Waals surface area contributed by atoms with Crippen LogP contribution >= 0.6 is 15.9 Å². The minimum Gasteiger partial charge on any atom is -0.396 e. The Labute approximate surface area is 84.1 Å². The van der Waals surface area contributed by atoms with Crippen molar-refractivity contribution in [2.75, 3.05) is 6.61 Å². The maximum Gasteiger partial charge on any atom is 0.124 e. The molecule has 0 fully saturated rings. The van der Waals surface area contributed by atoms with Crippen molar-refractivity contribution >= 4 is 15.9 Å². The maximum absolute atomic E-state index is 12.8. The van der Waals surface area contributed by atoms with E-state index in [-0.39, 0.29) is 13.0 Å². The minimum absolute atomic E-state index is 0.116. The molecule has 0 amide bonds. The van der Waals surface area contributed by atoms with Crippen LogP contribution in [-0.4, -0.2) is 16.8 Å². The topological polar surface area (TPSA) is 40.5 Å². The molecular weight excluding hydrogens is 239 g/mol. The molecule has 4 heteroatoms. The first-order chi connectivity index (χ1) is 6.13. The van der Waals surface area contributed by atoms with Crippen LogP contribution in [0.5, 0.6) is 0 Å². The molecule has 0 aromatic heterocycles. The van der Waals surface area contributed by atoms with E-state index >= 15 is 0 Å². The Morgan fingerprint density at radius 3 is 2.62 bits per heavy atom. The molecule has 0 bridgehead atoms. The van der Waals surface area contributed by atoms with E-state index in [1.165, 1.54) is 12.1 Å². The summed E-state index contributed by atoms with van der Waals surface area (Å²) in [6, 6.07) is 4.20. The quantitative estimate of drug-likeness (QED) is 0.860. The highest BCUT2D eigenvalue weighted by Gasteiger charge is 2.08. The second-order valence-corrected chi connectivity index (χ2v) is 3.65. The lowest BCUT2D eigenvalue weighted by Crippen LogP contribution is -2.00. The fourth-order valence-corrected chi connectivity index (χ4v) is 1.54. The summed E-state index contributed by atoms with van der Waals surface area (Å²) in [6.45, 7) is -0.116. The molecule has 1 atom stereocenters. The number of benzene rings is 1. The summed E-state index contributed by atoms with van der Waals surface area (Å²) in [5, 5.41) is 18.0. The average Bonchev–Trinajstić information content (AvgIpc) is 2.03. The van der Waals surface area contributed by atoms with Crippen LogP contribution in [0, 0.1) is 5.82 Å². The predicted molar refractivity (Wildman–Crippen MR) is 50.8 cm³/mol. The Hall–Kier alpha value is -0.450. The van der Waals surface area contributed by atoms with Crippen LogP contribution in [0.25, 0.3) is 0 Å². The van der Waals surface area contributed by atoms with Crippen molar-refractivity contribution in [1.29, 1.82) is 0 Å². The summed E-state index contributed by atoms with van der Waals surface area (Å²) in [4.78, 5) is 0. The lowest BCUT2D eigenvalue weighted by atomic mass is 10.1. The summed E-state index contributed by atoms with van der Waals surface area (Å²) in [5.41, 5.74) is 0.473. The molecule has 0 aliphatic carbocycles. The second-order valence-electron chi connectivity index (χ2n) is 2.73. The van der Waals surface area contributed by atoms with Crippen LogP contribution in [0.3, 0.4) is 0 Å². The van der Waals surface area contributed by atoms with Gasteiger partial charge < -0.3 is 10.2 Å². The van der Waals surface area contributed by atoms with Gasteiger partial charge in [-0.2, -0.15) is 0 Å². The lowest BCUT2D eigenvalue weighted by molar-refractivity contribution is 0.134. The highest BCUT2D eigenvalue weighted by atomic mass is 79.9. The third-order valence-corrected chi connectivity index (χ3v) is 2.13. The van der Waals surface area contributed by atoms with Crippen molar-refractivity contribution < 1.29 is 14.6 Å². The first-order valence-electron chi connectivity index (χ1n) is 3.88. The van der Waals surface area contributed by atoms with Gasteiger partial charge in [-0.25, -0.2) is 4.39 Å². The van der Waals surface area contributed by atoms with E-state index in [0.717, 1.165) is 0 Å². The zero-order chi connectivity index (χ0) is 9.84. The van der Waals surface area contributed by atoms with Crippen molar-refractivity contribution in [3.05, 3.63) is 34.1 Å². The van der Waals surface area contributed by atoms with Gasteiger partial charge in [-0.1, -0.05) is 15.9 Å². The molecule has 0 saturated heterocycles. The van der Waals surface area contributed by atoms with Crippen LogP contribution in [0.4, 0.5) is 4.39 Å². The highest BCUT2D eigenvalue weighted by molar-refractivity contribution is 9.10. The monoisotopic (exact) mass is 248 g/mol. The molecule has 2 nitrogen and oxygen atoms in total. The van der Waals surface area contributed by atoms with Gasteiger partial charge in [-0.3, -0.25) is 0 Å². The Balaban J connectivity index is 2.87. The summed E-state index contributed by atoms with van der Waals surface area (Å²) in [5.74, 6) is -0.402. The molecule has 0 heterocycles. The number of hydrogen-bond donors (Lipinski definition) is 2. The van der Waals surface area contributed by atoms with Gasteiger partial charge in [0.05, 0.1) is 6.10 Å². The zero-order valence-electron chi connectivity index (χ0n) is 6.87. The maximum atomic E-state index is 12.8. The van der Waals surface area contributed by atoms with E-state index in [0.29, 0.717) is 10.0 Å². The molecule has 0 saturated carbocycles. The largest absolute Gasteiger partial charge is 0.396 e. The Morgan fingerprint density at radius 2 is 2.08 bits per heavy atom. The van der Waals surface area contributed by atoms with Crippen molar-refractivity contribution in [3.8, 4) is 0 Å². The van der Waals surface area contributed by atoms with Gasteiger partial charge in [0, 0.05) is 17.5 Å². The van der Waals surface area contributed by atoms with E-state index < -0.39 is 11.9 Å². The van der Waals surface area contributed by atoms with Gasteiger partial charge >= 0.3 is 0 Å². The standard InChI is InChI=1S/C9H10BrFO2/c10-7-3-6(4-8(11)5-7)9(13)1-2-12/h3-5,9,12-13H,1-2H2. The van der Waals surface area contributed by atoms with E-state index in [9.17, 15) is 9.50 Å². The Kier molecular flexibility index (Phi) is 3.84. The molecule has 1 unspecified atom stereocenters. The van der Waals surface area contributed by atoms with Gasteiger partial charge in [0.1, 0.15) is 5.82 Å². The molecule has 0 spiro atoms. The molecule has 2 N–H and O–H groups in total. The molecule has 13 heavy (non-hydrogen) atoms. The molecule has 0 aliphatic heterocycles. The van der Waals surface area contributed by atoms with Crippen LogP contribution in [0.1, 0.15) is 18.1 Å². The van der Waals surface area contributed by atoms with E-state index in [1.54, 1.807) is 6.07 Å². The minimum atomic E-state index is -0.808. The van der Waals surface area contributed by atoms with Gasteiger partial charge in [0.15, 0.2) is 0 Å². The van der Waals surface area contributed by atoms with Gasteiger partial charge in [-0.15, -0.1) is 0 Å². The first-order valence-corrected chi connectivity index (χ1v) is 4.67. The number of aliphatic hydroxyl groups is 2. The molecule has 1 rings (SSSR count). The third kappa shape index (κ3) is 3.06. The van der Waals surface area contributed by atoms with Crippen LogP contribution in [-0.2, 0) is 0 Å². The van der Waals surface area contributed by atoms with Crippen LogP contribution in [0.2, 0.25) is 0 Å². The van der Waals surface area contributed by atoms with Gasteiger partial charge in [0.2, 0.25) is 0 Å². The fourth-order valence-electron chi connectivity index (χ4n) is 1.06. The van der Waals surface area contributed by atoms with Crippen molar-refractivity contribution in [2.45, 2.75) is 12.5 Å². The normalized spacial score (nSPS) is 12.9. The fraction of sp³-hybridized carbons (Fsp3) is 0.333. The van der Waals surface area contributed by atoms with E-state index in [1.807, 2.05) is 0 Å². The van der Waals surface area contributed by atoms with Crippen LogP contribution in [0.15, 0.2) is 22.7 Å². The van der Waals surface area contributed by atoms with Crippen molar-refractivity contribution in [1.82, 2.24) is 0 Å².